The van der Waals surface area contributed by atoms with E-state index < -0.39 is 0 Å². The number of halogens is 2. The molecule has 0 aliphatic carbocycles. The quantitative estimate of drug-likeness (QED) is 0.807. The number of aryl methyl sites for hydroxylation is 1. The highest BCUT2D eigenvalue weighted by Crippen LogP contribution is 2.28. The second-order valence-corrected chi connectivity index (χ2v) is 7.19. The van der Waals surface area contributed by atoms with Crippen LogP contribution in [0.2, 0.25) is 0 Å². The third-order valence-corrected chi connectivity index (χ3v) is 5.54. The Bertz CT molecular complexity index is 687. The van der Waals surface area contributed by atoms with Crippen molar-refractivity contribution in [1.82, 2.24) is 14.9 Å². The number of aliphatic hydroxyl groups excluding tert-OH is 1. The standard InChI is InChI=1S/C19H28N4O.2ClH/c24-18-9-4-10-20-15(18)6-5-13-23-14-21-19-16(7-3-8-17(19)23)22-11-1-2-12-22;;/h3,7-8,14-15,18,20,24H,1-2,4-6,9-13H2;2*1H/t15-,18+;;/m1../s1. The number of nitrogens with one attached hydrogen (secondary N) is 1. The van der Waals surface area contributed by atoms with Gasteiger partial charge in [0.1, 0.15) is 5.52 Å². The molecule has 2 N–H and O–H groups in total. The molecule has 0 bridgehead atoms. The fourth-order valence-electron chi connectivity index (χ4n) is 4.18. The Hall–Kier alpha value is -1.01. The number of rotatable bonds is 5. The number of piperidine rings is 1. The van der Waals surface area contributed by atoms with Gasteiger partial charge in [0.25, 0.3) is 0 Å². The zero-order valence-corrected chi connectivity index (χ0v) is 16.8. The van der Waals surface area contributed by atoms with Gasteiger partial charge in [-0.2, -0.15) is 0 Å². The zero-order valence-electron chi connectivity index (χ0n) is 15.1. The van der Waals surface area contributed by atoms with Gasteiger partial charge in [0.2, 0.25) is 0 Å². The van der Waals surface area contributed by atoms with Crippen LogP contribution in [0, 0.1) is 0 Å². The first-order valence-corrected chi connectivity index (χ1v) is 9.43. The Kier molecular flexibility index (Phi) is 8.02. The Morgan fingerprint density at radius 3 is 2.73 bits per heavy atom. The van der Waals surface area contributed by atoms with E-state index in [1.807, 2.05) is 6.33 Å². The third kappa shape index (κ3) is 4.45. The topological polar surface area (TPSA) is 53.3 Å². The summed E-state index contributed by atoms with van der Waals surface area (Å²) < 4.78 is 2.27. The number of para-hydroxylation sites is 1. The van der Waals surface area contributed by atoms with Crippen LogP contribution in [0.4, 0.5) is 5.69 Å². The van der Waals surface area contributed by atoms with E-state index in [0.29, 0.717) is 0 Å². The van der Waals surface area contributed by atoms with Crippen LogP contribution in [-0.2, 0) is 6.54 Å². The lowest BCUT2D eigenvalue weighted by molar-refractivity contribution is 0.0909. The molecule has 7 heteroatoms. The minimum Gasteiger partial charge on any atom is -0.392 e. The van der Waals surface area contributed by atoms with Gasteiger partial charge in [-0.05, 0) is 57.2 Å². The van der Waals surface area contributed by atoms with E-state index in [-0.39, 0.29) is 37.0 Å². The number of imidazole rings is 1. The first-order valence-electron chi connectivity index (χ1n) is 9.43. The maximum atomic E-state index is 10.1. The lowest BCUT2D eigenvalue weighted by atomic mass is 9.97. The molecule has 3 heterocycles. The SMILES string of the molecule is Cl.Cl.O[C@H]1CCCN[C@@H]1CCCn1cnc2c(N3CCCC3)cccc21. The van der Waals surface area contributed by atoms with E-state index in [1.54, 1.807) is 0 Å². The average Bonchev–Trinajstić information content (AvgIpc) is 3.26. The monoisotopic (exact) mass is 400 g/mol. The predicted molar refractivity (Wildman–Crippen MR) is 112 cm³/mol. The molecule has 2 aromatic rings. The summed E-state index contributed by atoms with van der Waals surface area (Å²) in [5.41, 5.74) is 3.65. The Morgan fingerprint density at radius 2 is 1.96 bits per heavy atom. The number of fused-ring (bicyclic) bond motifs is 1. The summed E-state index contributed by atoms with van der Waals surface area (Å²) in [6, 6.07) is 6.79. The van der Waals surface area contributed by atoms with Gasteiger partial charge in [0, 0.05) is 25.7 Å². The molecule has 2 atom stereocenters. The highest BCUT2D eigenvalue weighted by atomic mass is 35.5. The number of anilines is 1. The van der Waals surface area contributed by atoms with Gasteiger partial charge < -0.3 is 19.9 Å². The van der Waals surface area contributed by atoms with Crippen molar-refractivity contribution in [2.45, 2.75) is 57.2 Å². The molecule has 1 aromatic carbocycles. The molecule has 2 fully saturated rings. The van der Waals surface area contributed by atoms with Crippen molar-refractivity contribution in [3.63, 3.8) is 0 Å². The van der Waals surface area contributed by atoms with Gasteiger partial charge >= 0.3 is 0 Å². The predicted octanol–water partition coefficient (Wildman–Crippen LogP) is 3.37. The molecular formula is C19H30Cl2N4O. The molecule has 0 unspecified atom stereocenters. The minimum atomic E-state index is -0.181. The number of hydrogen-bond acceptors (Lipinski definition) is 4. The molecule has 26 heavy (non-hydrogen) atoms. The average molecular weight is 401 g/mol. The first kappa shape index (κ1) is 21.3. The zero-order chi connectivity index (χ0) is 16.4. The molecule has 1 aromatic heterocycles. The summed E-state index contributed by atoms with van der Waals surface area (Å²) in [4.78, 5) is 7.16. The van der Waals surface area contributed by atoms with Crippen molar-refractivity contribution >= 4 is 41.5 Å². The molecule has 2 aliphatic rings. The molecule has 4 rings (SSSR count). The van der Waals surface area contributed by atoms with Crippen molar-refractivity contribution in [1.29, 1.82) is 0 Å². The van der Waals surface area contributed by atoms with Crippen molar-refractivity contribution in [2.24, 2.45) is 0 Å². The lowest BCUT2D eigenvalue weighted by Gasteiger charge is -2.29. The maximum absolute atomic E-state index is 10.1. The van der Waals surface area contributed by atoms with Crippen molar-refractivity contribution in [2.75, 3.05) is 24.5 Å². The van der Waals surface area contributed by atoms with Crippen LogP contribution in [0.3, 0.4) is 0 Å². The first-order chi connectivity index (χ1) is 11.8. The fourth-order valence-corrected chi connectivity index (χ4v) is 4.18. The van der Waals surface area contributed by atoms with Crippen molar-refractivity contribution < 1.29 is 5.11 Å². The van der Waals surface area contributed by atoms with Gasteiger partial charge in [-0.1, -0.05) is 6.07 Å². The smallest absolute Gasteiger partial charge is 0.112 e. The fraction of sp³-hybridized carbons (Fsp3) is 0.632. The van der Waals surface area contributed by atoms with E-state index in [2.05, 4.69) is 33.0 Å². The van der Waals surface area contributed by atoms with Gasteiger partial charge in [-0.15, -0.1) is 24.8 Å². The van der Waals surface area contributed by atoms with Crippen molar-refractivity contribution in [3.8, 4) is 0 Å². The third-order valence-electron chi connectivity index (χ3n) is 5.54. The Balaban J connectivity index is 0.00000121. The molecule has 0 saturated carbocycles. The summed E-state index contributed by atoms with van der Waals surface area (Å²) in [6.45, 7) is 4.30. The second kappa shape index (κ2) is 9.79. The Labute approximate surface area is 168 Å². The van der Waals surface area contributed by atoms with Crippen LogP contribution >= 0.6 is 24.8 Å². The molecule has 0 radical (unpaired) electrons. The van der Waals surface area contributed by atoms with Gasteiger partial charge in [0.15, 0.2) is 0 Å². The van der Waals surface area contributed by atoms with Crippen LogP contribution in [0.15, 0.2) is 24.5 Å². The molecule has 2 aliphatic heterocycles. The number of aromatic nitrogens is 2. The number of hydrogen-bond donors (Lipinski definition) is 2. The summed E-state index contributed by atoms with van der Waals surface area (Å²) in [5.74, 6) is 0. The minimum absolute atomic E-state index is 0. The van der Waals surface area contributed by atoms with Crippen molar-refractivity contribution in [3.05, 3.63) is 24.5 Å². The lowest BCUT2D eigenvalue weighted by Crippen LogP contribution is -2.44. The molecule has 146 valence electrons. The highest BCUT2D eigenvalue weighted by molar-refractivity contribution is 5.89. The molecule has 2 saturated heterocycles. The van der Waals surface area contributed by atoms with E-state index in [4.69, 9.17) is 4.98 Å². The molecule has 5 nitrogen and oxygen atoms in total. The molecule has 0 spiro atoms. The maximum Gasteiger partial charge on any atom is 0.112 e. The van der Waals surface area contributed by atoms with Crippen LogP contribution in [0.25, 0.3) is 11.0 Å². The largest absolute Gasteiger partial charge is 0.392 e. The van der Waals surface area contributed by atoms with Gasteiger partial charge in [-0.25, -0.2) is 4.98 Å². The van der Waals surface area contributed by atoms with Gasteiger partial charge in [-0.3, -0.25) is 0 Å². The van der Waals surface area contributed by atoms with Gasteiger partial charge in [0.05, 0.1) is 23.6 Å². The van der Waals surface area contributed by atoms with Crippen LogP contribution < -0.4 is 10.2 Å². The van der Waals surface area contributed by atoms with E-state index in [0.717, 1.165) is 57.4 Å². The summed E-state index contributed by atoms with van der Waals surface area (Å²) in [7, 11) is 0. The van der Waals surface area contributed by atoms with Crippen LogP contribution in [0.1, 0.15) is 38.5 Å². The summed E-state index contributed by atoms with van der Waals surface area (Å²) in [6.07, 6.45) is 8.48. The van der Waals surface area contributed by atoms with E-state index in [9.17, 15) is 5.11 Å². The van der Waals surface area contributed by atoms with Crippen LogP contribution in [0.5, 0.6) is 0 Å². The number of nitrogens with zero attached hydrogens (tertiary/aromatic N) is 3. The number of aliphatic hydroxyl groups is 1. The summed E-state index contributed by atoms with van der Waals surface area (Å²) in [5, 5.41) is 13.5. The normalized spacial score (nSPS) is 22.9. The molecular weight excluding hydrogens is 371 g/mol. The van der Waals surface area contributed by atoms with E-state index >= 15 is 0 Å². The Morgan fingerprint density at radius 1 is 1.15 bits per heavy atom. The number of benzene rings is 1. The van der Waals surface area contributed by atoms with Crippen LogP contribution in [-0.4, -0.2) is 46.4 Å². The molecule has 0 amide bonds. The second-order valence-electron chi connectivity index (χ2n) is 7.19. The van der Waals surface area contributed by atoms with E-state index in [1.165, 1.54) is 24.0 Å². The summed E-state index contributed by atoms with van der Waals surface area (Å²) >= 11 is 0. The highest BCUT2D eigenvalue weighted by Gasteiger charge is 2.22.